The molecule has 3 rings (SSSR count). The van der Waals surface area contributed by atoms with Crippen molar-refractivity contribution in [3.8, 4) is 0 Å². The highest BCUT2D eigenvalue weighted by Crippen LogP contribution is 2.38. The Kier molecular flexibility index (Phi) is 3.90. The van der Waals surface area contributed by atoms with Gasteiger partial charge in [0.15, 0.2) is 0 Å². The van der Waals surface area contributed by atoms with Crippen molar-refractivity contribution in [2.75, 3.05) is 6.54 Å². The quantitative estimate of drug-likeness (QED) is 0.926. The number of carbonyl (C=O) groups is 2. The lowest BCUT2D eigenvalue weighted by molar-refractivity contribution is -0.141. The molecule has 3 atom stereocenters. The van der Waals surface area contributed by atoms with Crippen molar-refractivity contribution in [1.82, 2.24) is 9.88 Å². The number of carboxylic acid groups (broad SMARTS) is 1. The Hall–Kier alpha value is -1.91. The zero-order valence-corrected chi connectivity index (χ0v) is 11.9. The number of carboxylic acids is 1. The average Bonchev–Trinajstić information content (AvgIpc) is 3.17. The number of likely N-dealkylation sites (tertiary alicyclic amines) is 1. The van der Waals surface area contributed by atoms with Crippen LogP contribution in [0.4, 0.5) is 0 Å². The summed E-state index contributed by atoms with van der Waals surface area (Å²) in [4.78, 5) is 29.7. The number of rotatable bonds is 3. The fourth-order valence-corrected chi connectivity index (χ4v) is 3.63. The van der Waals surface area contributed by atoms with Crippen LogP contribution in [0.3, 0.4) is 0 Å². The van der Waals surface area contributed by atoms with E-state index >= 15 is 0 Å². The van der Waals surface area contributed by atoms with E-state index in [1.54, 1.807) is 12.4 Å². The van der Waals surface area contributed by atoms with Gasteiger partial charge in [0.05, 0.1) is 12.0 Å². The van der Waals surface area contributed by atoms with Gasteiger partial charge in [-0.3, -0.25) is 14.6 Å². The second kappa shape index (κ2) is 5.84. The monoisotopic (exact) mass is 288 g/mol. The van der Waals surface area contributed by atoms with Gasteiger partial charge in [0, 0.05) is 24.9 Å². The smallest absolute Gasteiger partial charge is 0.306 e. The van der Waals surface area contributed by atoms with E-state index in [2.05, 4.69) is 4.98 Å². The summed E-state index contributed by atoms with van der Waals surface area (Å²) in [5.74, 6) is -1.09. The van der Waals surface area contributed by atoms with E-state index in [-0.39, 0.29) is 23.8 Å². The van der Waals surface area contributed by atoms with Crippen LogP contribution in [0, 0.1) is 11.8 Å². The van der Waals surface area contributed by atoms with E-state index in [1.165, 1.54) is 0 Å². The summed E-state index contributed by atoms with van der Waals surface area (Å²) >= 11 is 0. The van der Waals surface area contributed by atoms with Gasteiger partial charge in [0.2, 0.25) is 5.91 Å². The average molecular weight is 288 g/mol. The predicted molar refractivity (Wildman–Crippen MR) is 76.4 cm³/mol. The van der Waals surface area contributed by atoms with Crippen LogP contribution in [0.25, 0.3) is 0 Å². The zero-order valence-electron chi connectivity index (χ0n) is 11.9. The molecule has 5 nitrogen and oxygen atoms in total. The largest absolute Gasteiger partial charge is 0.481 e. The lowest BCUT2D eigenvalue weighted by Gasteiger charge is -2.27. The first kappa shape index (κ1) is 14.0. The van der Waals surface area contributed by atoms with Gasteiger partial charge in [-0.2, -0.15) is 0 Å². The molecule has 1 N–H and O–H groups in total. The first-order valence-electron chi connectivity index (χ1n) is 7.60. The Morgan fingerprint density at radius 3 is 2.52 bits per heavy atom. The molecular weight excluding hydrogens is 268 g/mol. The second-order valence-corrected chi connectivity index (χ2v) is 6.02. The van der Waals surface area contributed by atoms with Crippen molar-refractivity contribution >= 4 is 11.9 Å². The molecule has 1 aromatic heterocycles. The highest BCUT2D eigenvalue weighted by Gasteiger charge is 2.39. The third kappa shape index (κ3) is 2.77. The standard InChI is InChI=1S/C16H20N2O3/c19-15(12-3-4-13(10-12)16(20)21)18-9-1-2-14(18)11-5-7-17-8-6-11/h5-8,12-14H,1-4,9-10H2,(H,20,21). The molecule has 0 aromatic carbocycles. The molecule has 1 saturated heterocycles. The van der Waals surface area contributed by atoms with Crippen molar-refractivity contribution in [2.24, 2.45) is 11.8 Å². The Morgan fingerprint density at radius 2 is 1.86 bits per heavy atom. The second-order valence-electron chi connectivity index (χ2n) is 6.02. The molecule has 2 aliphatic rings. The van der Waals surface area contributed by atoms with Crippen LogP contribution in [0.15, 0.2) is 24.5 Å². The molecule has 1 amide bonds. The summed E-state index contributed by atoms with van der Waals surface area (Å²) in [5, 5.41) is 9.08. The summed E-state index contributed by atoms with van der Waals surface area (Å²) in [6, 6.07) is 4.06. The predicted octanol–water partition coefficient (Wildman–Crippen LogP) is 2.25. The van der Waals surface area contributed by atoms with Gasteiger partial charge in [-0.15, -0.1) is 0 Å². The molecule has 1 saturated carbocycles. The van der Waals surface area contributed by atoms with Crippen LogP contribution < -0.4 is 0 Å². The molecule has 21 heavy (non-hydrogen) atoms. The Bertz CT molecular complexity index is 532. The maximum atomic E-state index is 12.7. The molecule has 0 bridgehead atoms. The van der Waals surface area contributed by atoms with Crippen LogP contribution in [0.2, 0.25) is 0 Å². The Balaban J connectivity index is 1.71. The van der Waals surface area contributed by atoms with Gasteiger partial charge in [0.1, 0.15) is 0 Å². The van der Waals surface area contributed by atoms with Gasteiger partial charge in [-0.25, -0.2) is 0 Å². The first-order valence-corrected chi connectivity index (χ1v) is 7.60. The first-order chi connectivity index (χ1) is 10.2. The molecule has 1 aromatic rings. The number of carbonyl (C=O) groups excluding carboxylic acids is 1. The number of hydrogen-bond acceptors (Lipinski definition) is 3. The van der Waals surface area contributed by atoms with Crippen molar-refractivity contribution in [1.29, 1.82) is 0 Å². The molecule has 112 valence electrons. The summed E-state index contributed by atoms with van der Waals surface area (Å²) in [6.07, 6.45) is 7.32. The maximum Gasteiger partial charge on any atom is 0.306 e. The van der Waals surface area contributed by atoms with Crippen LogP contribution in [0.1, 0.15) is 43.7 Å². The van der Waals surface area contributed by atoms with Gasteiger partial charge in [-0.1, -0.05) is 0 Å². The fourth-order valence-electron chi connectivity index (χ4n) is 3.63. The molecule has 0 spiro atoms. The highest BCUT2D eigenvalue weighted by molar-refractivity contribution is 5.81. The molecule has 0 radical (unpaired) electrons. The van der Waals surface area contributed by atoms with Crippen LogP contribution in [0.5, 0.6) is 0 Å². The molecule has 2 heterocycles. The minimum Gasteiger partial charge on any atom is -0.481 e. The normalized spacial score (nSPS) is 28.8. The third-order valence-electron chi connectivity index (χ3n) is 4.76. The number of hydrogen-bond donors (Lipinski definition) is 1. The SMILES string of the molecule is O=C(O)C1CCC(C(=O)N2CCCC2c2ccncc2)C1. The Labute approximate surface area is 124 Å². The lowest BCUT2D eigenvalue weighted by Crippen LogP contribution is -2.35. The Morgan fingerprint density at radius 1 is 1.14 bits per heavy atom. The highest BCUT2D eigenvalue weighted by atomic mass is 16.4. The summed E-state index contributed by atoms with van der Waals surface area (Å²) in [5.41, 5.74) is 1.13. The van der Waals surface area contributed by atoms with E-state index in [1.807, 2.05) is 17.0 Å². The number of amides is 1. The van der Waals surface area contributed by atoms with Crippen LogP contribution >= 0.6 is 0 Å². The molecule has 5 heteroatoms. The zero-order chi connectivity index (χ0) is 14.8. The van der Waals surface area contributed by atoms with Crippen molar-refractivity contribution < 1.29 is 14.7 Å². The number of nitrogens with zero attached hydrogens (tertiary/aromatic N) is 2. The van der Waals surface area contributed by atoms with Gasteiger partial charge >= 0.3 is 5.97 Å². The topological polar surface area (TPSA) is 70.5 Å². The minimum absolute atomic E-state index is 0.117. The molecular formula is C16H20N2O3. The summed E-state index contributed by atoms with van der Waals surface area (Å²) in [7, 11) is 0. The van der Waals surface area contributed by atoms with Crippen LogP contribution in [-0.4, -0.2) is 33.4 Å². The van der Waals surface area contributed by atoms with E-state index in [0.29, 0.717) is 19.3 Å². The third-order valence-corrected chi connectivity index (χ3v) is 4.76. The van der Waals surface area contributed by atoms with Crippen molar-refractivity contribution in [3.63, 3.8) is 0 Å². The molecule has 1 aliphatic carbocycles. The fraction of sp³-hybridized carbons (Fsp3) is 0.562. The van der Waals surface area contributed by atoms with Crippen molar-refractivity contribution in [2.45, 2.75) is 38.1 Å². The summed E-state index contributed by atoms with van der Waals surface area (Å²) in [6.45, 7) is 0.778. The maximum absolute atomic E-state index is 12.7. The molecule has 3 unspecified atom stereocenters. The molecule has 1 aliphatic heterocycles. The summed E-state index contributed by atoms with van der Waals surface area (Å²) < 4.78 is 0. The minimum atomic E-state index is -0.766. The van der Waals surface area contributed by atoms with Crippen LogP contribution in [-0.2, 0) is 9.59 Å². The van der Waals surface area contributed by atoms with E-state index in [4.69, 9.17) is 5.11 Å². The van der Waals surface area contributed by atoms with E-state index in [0.717, 1.165) is 24.9 Å². The number of aromatic nitrogens is 1. The van der Waals surface area contributed by atoms with Crippen molar-refractivity contribution in [3.05, 3.63) is 30.1 Å². The van der Waals surface area contributed by atoms with Gasteiger partial charge < -0.3 is 10.0 Å². The van der Waals surface area contributed by atoms with E-state index < -0.39 is 5.97 Å². The van der Waals surface area contributed by atoms with E-state index in [9.17, 15) is 9.59 Å². The van der Waals surface area contributed by atoms with Gasteiger partial charge in [0.25, 0.3) is 0 Å². The lowest BCUT2D eigenvalue weighted by atomic mass is 10.0. The number of pyridine rings is 1. The van der Waals surface area contributed by atoms with Gasteiger partial charge in [-0.05, 0) is 49.8 Å². The number of aliphatic carboxylic acids is 1. The molecule has 2 fully saturated rings.